The van der Waals surface area contributed by atoms with Crippen molar-refractivity contribution in [3.8, 4) is 0 Å². The van der Waals surface area contributed by atoms with Gasteiger partial charge in [0.1, 0.15) is 0 Å². The fourth-order valence-electron chi connectivity index (χ4n) is 5.36. The Morgan fingerprint density at radius 3 is 2.54 bits per heavy atom. The second-order valence-electron chi connectivity index (χ2n) is 9.35. The molecule has 5 rings (SSSR count). The van der Waals surface area contributed by atoms with Gasteiger partial charge in [-0.25, -0.2) is 9.37 Å². The Bertz CT molecular complexity index is 1090. The van der Waals surface area contributed by atoms with Crippen LogP contribution in [0.5, 0.6) is 0 Å². The lowest BCUT2D eigenvalue weighted by Gasteiger charge is -2.35. The van der Waals surface area contributed by atoms with E-state index in [1.54, 1.807) is 0 Å². The van der Waals surface area contributed by atoms with Crippen molar-refractivity contribution in [1.82, 2.24) is 14.9 Å². The van der Waals surface area contributed by atoms with Crippen LogP contribution in [0.15, 0.2) is 36.5 Å². The summed E-state index contributed by atoms with van der Waals surface area (Å²) in [6.07, 6.45) is 6.11. The number of fused-ring (bicyclic) bond motifs is 2. The monoisotopic (exact) mass is 523 g/mol. The summed E-state index contributed by atoms with van der Waals surface area (Å²) >= 11 is 0. The number of carbonyl (C=O) groups is 1. The molecule has 190 valence electrons. The summed E-state index contributed by atoms with van der Waals surface area (Å²) in [6, 6.07) is 5.88. The number of nitrogens with zero attached hydrogens (tertiary/aromatic N) is 4. The van der Waals surface area contributed by atoms with Crippen molar-refractivity contribution in [3.63, 3.8) is 0 Å². The predicted octanol–water partition coefficient (Wildman–Crippen LogP) is 3.35. The molecule has 11 heteroatoms. The average Bonchev–Trinajstić information content (AvgIpc) is 3.39. The van der Waals surface area contributed by atoms with Crippen molar-refractivity contribution in [2.24, 2.45) is 23.5 Å². The molecule has 1 saturated carbocycles. The number of benzene rings is 1. The molecule has 3 aliphatic rings. The van der Waals surface area contributed by atoms with Gasteiger partial charge < -0.3 is 26.2 Å². The van der Waals surface area contributed by atoms with E-state index in [9.17, 15) is 9.18 Å². The van der Waals surface area contributed by atoms with Crippen LogP contribution in [-0.4, -0.2) is 60.0 Å². The van der Waals surface area contributed by atoms with Crippen molar-refractivity contribution in [3.05, 3.63) is 47.9 Å². The minimum absolute atomic E-state index is 0. The van der Waals surface area contributed by atoms with E-state index in [1.165, 1.54) is 5.69 Å². The third-order valence-electron chi connectivity index (χ3n) is 7.13. The molecular formula is C24H32Cl2FN7O. The zero-order chi connectivity index (χ0) is 23.1. The van der Waals surface area contributed by atoms with E-state index in [2.05, 4.69) is 62.6 Å². The van der Waals surface area contributed by atoms with Crippen LogP contribution in [0.3, 0.4) is 0 Å². The maximum atomic E-state index is 14.5. The van der Waals surface area contributed by atoms with Crippen LogP contribution in [0.4, 0.5) is 27.5 Å². The Hall–Kier alpha value is -2.62. The Kier molecular flexibility index (Phi) is 8.46. The molecular weight excluding hydrogens is 492 g/mol. The number of hydrogen-bond acceptors (Lipinski definition) is 7. The van der Waals surface area contributed by atoms with Crippen molar-refractivity contribution in [2.75, 3.05) is 48.8 Å². The number of amides is 1. The topological polar surface area (TPSA) is 99.4 Å². The lowest BCUT2D eigenvalue weighted by atomic mass is 9.88. The predicted molar refractivity (Wildman–Crippen MR) is 141 cm³/mol. The minimum Gasteiger partial charge on any atom is -0.369 e. The molecule has 2 fully saturated rings. The first-order valence-electron chi connectivity index (χ1n) is 11.5. The summed E-state index contributed by atoms with van der Waals surface area (Å²) in [4.78, 5) is 25.2. The fourth-order valence-corrected chi connectivity index (χ4v) is 5.36. The summed E-state index contributed by atoms with van der Waals surface area (Å²) in [5.74, 6) is -0.673. The number of likely N-dealkylation sites (N-methyl/N-ethyl adjacent to an activating group) is 1. The van der Waals surface area contributed by atoms with Crippen molar-refractivity contribution in [2.45, 2.75) is 19.4 Å². The van der Waals surface area contributed by atoms with Crippen LogP contribution in [0, 0.1) is 30.5 Å². The highest BCUT2D eigenvalue weighted by molar-refractivity contribution is 5.85. The van der Waals surface area contributed by atoms with E-state index in [1.807, 2.05) is 12.1 Å². The molecule has 1 aromatic carbocycles. The molecule has 2 aliphatic carbocycles. The Labute approximate surface area is 217 Å². The average molecular weight is 524 g/mol. The van der Waals surface area contributed by atoms with Crippen molar-refractivity contribution >= 4 is 53.9 Å². The number of anilines is 4. The lowest BCUT2D eigenvalue weighted by molar-refractivity contribution is -0.122. The normalized spacial score (nSPS) is 25.1. The van der Waals surface area contributed by atoms with E-state index in [0.717, 1.165) is 50.0 Å². The highest BCUT2D eigenvalue weighted by atomic mass is 35.5. The molecule has 2 heterocycles. The molecule has 8 nitrogen and oxygen atoms in total. The molecule has 35 heavy (non-hydrogen) atoms. The summed E-state index contributed by atoms with van der Waals surface area (Å²) in [5, 5.41) is 6.32. The van der Waals surface area contributed by atoms with Gasteiger partial charge in [-0.1, -0.05) is 12.2 Å². The number of hydrogen-bond donors (Lipinski definition) is 3. The zero-order valence-corrected chi connectivity index (χ0v) is 21.4. The molecule has 1 saturated heterocycles. The van der Waals surface area contributed by atoms with Crippen LogP contribution in [0.2, 0.25) is 0 Å². The van der Waals surface area contributed by atoms with Gasteiger partial charge >= 0.3 is 0 Å². The second-order valence-corrected chi connectivity index (χ2v) is 9.35. The Morgan fingerprint density at radius 1 is 1.14 bits per heavy atom. The largest absolute Gasteiger partial charge is 0.369 e. The molecule has 1 aliphatic heterocycles. The number of allylic oxidation sites excluding steroid dienone is 1. The molecule has 4 N–H and O–H groups in total. The zero-order valence-electron chi connectivity index (χ0n) is 19.8. The van der Waals surface area contributed by atoms with Gasteiger partial charge in [0, 0.05) is 43.6 Å². The summed E-state index contributed by atoms with van der Waals surface area (Å²) in [7, 11) is 2.14. The molecule has 1 amide bonds. The maximum absolute atomic E-state index is 14.5. The van der Waals surface area contributed by atoms with Crippen LogP contribution in [0.1, 0.15) is 12.0 Å². The first-order valence-corrected chi connectivity index (χ1v) is 11.5. The van der Waals surface area contributed by atoms with Crippen molar-refractivity contribution in [1.29, 1.82) is 0 Å². The standard InChI is InChI=1S/C24H30FN7O.2ClH/c1-14-11-17(5-6-19(14)32-9-7-31(2)8-10-32)28-24-27-13-18(25)23(30-24)29-21-16-4-3-15(12-16)20(21)22(26)33;;/h3-6,11,13,15-16,20-21H,7-10,12H2,1-2H3,(H2,26,33)(H2,27,28,29,30);2*1H/t15-,16+,20+,21-;;/m1../s1. The van der Waals surface area contributed by atoms with Crippen LogP contribution in [0.25, 0.3) is 0 Å². The summed E-state index contributed by atoms with van der Waals surface area (Å²) in [5.41, 5.74) is 8.84. The smallest absolute Gasteiger partial charge is 0.229 e. The van der Waals surface area contributed by atoms with Crippen molar-refractivity contribution < 1.29 is 9.18 Å². The van der Waals surface area contributed by atoms with Gasteiger partial charge in [0.15, 0.2) is 11.6 Å². The van der Waals surface area contributed by atoms with Gasteiger partial charge in [0.2, 0.25) is 11.9 Å². The minimum atomic E-state index is -0.558. The van der Waals surface area contributed by atoms with E-state index in [0.29, 0.717) is 5.95 Å². The molecule has 2 bridgehead atoms. The maximum Gasteiger partial charge on any atom is 0.229 e. The van der Waals surface area contributed by atoms with E-state index < -0.39 is 5.82 Å². The number of aromatic nitrogens is 2. The summed E-state index contributed by atoms with van der Waals surface area (Å²) in [6.45, 7) is 6.20. The van der Waals surface area contributed by atoms with E-state index in [4.69, 9.17) is 5.73 Å². The number of halogens is 3. The first kappa shape index (κ1) is 27.0. The van der Waals surface area contributed by atoms with Gasteiger partial charge in [0.05, 0.1) is 12.1 Å². The van der Waals surface area contributed by atoms with Crippen LogP contribution in [-0.2, 0) is 4.79 Å². The van der Waals surface area contributed by atoms with Crippen LogP contribution >= 0.6 is 24.8 Å². The number of aryl methyl sites for hydroxylation is 1. The molecule has 2 aromatic rings. The quantitative estimate of drug-likeness (QED) is 0.499. The lowest BCUT2D eigenvalue weighted by Crippen LogP contribution is -2.44. The number of nitrogens with one attached hydrogen (secondary N) is 2. The molecule has 4 atom stereocenters. The fraction of sp³-hybridized carbons (Fsp3) is 0.458. The Morgan fingerprint density at radius 2 is 1.86 bits per heavy atom. The first-order chi connectivity index (χ1) is 15.9. The molecule has 0 radical (unpaired) electrons. The molecule has 0 spiro atoms. The Balaban J connectivity index is 0.00000171. The van der Waals surface area contributed by atoms with Gasteiger partial charge in [-0.2, -0.15) is 4.98 Å². The van der Waals surface area contributed by atoms with Gasteiger partial charge in [-0.3, -0.25) is 4.79 Å². The van der Waals surface area contributed by atoms with Gasteiger partial charge in [-0.15, -0.1) is 24.8 Å². The van der Waals surface area contributed by atoms with E-state index >= 15 is 0 Å². The third-order valence-corrected chi connectivity index (χ3v) is 7.13. The summed E-state index contributed by atoms with van der Waals surface area (Å²) < 4.78 is 14.5. The number of primary amides is 1. The molecule has 0 unspecified atom stereocenters. The van der Waals surface area contributed by atoms with Gasteiger partial charge in [0.25, 0.3) is 0 Å². The van der Waals surface area contributed by atoms with E-state index in [-0.39, 0.29) is 60.3 Å². The third kappa shape index (κ3) is 5.47. The second kappa shape index (κ2) is 11.0. The number of nitrogens with two attached hydrogens (primary N) is 1. The number of carbonyl (C=O) groups excluding carboxylic acids is 1. The highest BCUT2D eigenvalue weighted by Gasteiger charge is 2.47. The SMILES string of the molecule is Cc1cc(Nc2ncc(F)c(N[C@H]3[C@@H](C(N)=O)[C@@H]4C=C[C@H]3C4)n2)ccc1N1CCN(C)CC1.Cl.Cl. The molecule has 1 aromatic heterocycles. The number of piperazine rings is 1. The highest BCUT2D eigenvalue weighted by Crippen LogP contribution is 2.45. The van der Waals surface area contributed by atoms with Gasteiger partial charge in [-0.05, 0) is 56.0 Å². The number of rotatable bonds is 6. The van der Waals surface area contributed by atoms with Crippen LogP contribution < -0.4 is 21.3 Å².